The van der Waals surface area contributed by atoms with Crippen LogP contribution in [0.3, 0.4) is 0 Å². The van der Waals surface area contributed by atoms with Crippen LogP contribution in [-0.4, -0.2) is 17.8 Å². The molecule has 106 valence electrons. The first-order valence-electron chi connectivity index (χ1n) is 6.58. The van der Waals surface area contributed by atoms with Crippen LogP contribution in [0.1, 0.15) is 31.5 Å². The summed E-state index contributed by atoms with van der Waals surface area (Å²) in [6.07, 6.45) is -0.523. The third-order valence-electron chi connectivity index (χ3n) is 3.02. The van der Waals surface area contributed by atoms with Crippen molar-refractivity contribution in [1.82, 2.24) is 4.57 Å². The maximum atomic E-state index is 9.05. The third kappa shape index (κ3) is 2.80. The largest absolute Gasteiger partial charge is 0.335 e. The fraction of sp³-hybridized carbons (Fsp3) is 0.400. The molecular formula is C15H17ClN2O2. The fourth-order valence-electron chi connectivity index (χ4n) is 2.18. The van der Waals surface area contributed by atoms with E-state index in [2.05, 4.69) is 6.07 Å². The molecule has 1 aromatic carbocycles. The van der Waals surface area contributed by atoms with E-state index in [0.717, 1.165) is 16.6 Å². The van der Waals surface area contributed by atoms with Gasteiger partial charge in [0.2, 0.25) is 6.41 Å². The molecule has 2 rings (SSSR count). The standard InChI is InChI=1S/C15H17ClN2O2/c1-3-19-15(20-4-2)18-13(9-16)8-12-6-5-11(10-17)7-14(12)18/h5-8,15H,3-4,9H2,1-2H3. The van der Waals surface area contributed by atoms with Crippen molar-refractivity contribution in [3.63, 3.8) is 0 Å². The second-order valence-corrected chi connectivity index (χ2v) is 4.51. The van der Waals surface area contributed by atoms with E-state index in [4.69, 9.17) is 26.3 Å². The predicted octanol–water partition coefficient (Wildman–Crippen LogP) is 3.78. The summed E-state index contributed by atoms with van der Waals surface area (Å²) >= 11 is 6.02. The van der Waals surface area contributed by atoms with Crippen molar-refractivity contribution in [1.29, 1.82) is 5.26 Å². The Balaban J connectivity index is 2.60. The van der Waals surface area contributed by atoms with Crippen molar-refractivity contribution in [2.45, 2.75) is 26.1 Å². The zero-order valence-electron chi connectivity index (χ0n) is 11.6. The maximum Gasteiger partial charge on any atom is 0.244 e. The average molecular weight is 293 g/mol. The number of rotatable bonds is 6. The van der Waals surface area contributed by atoms with Gasteiger partial charge >= 0.3 is 0 Å². The third-order valence-corrected chi connectivity index (χ3v) is 3.29. The number of alkyl halides is 1. The Kier molecular flexibility index (Phi) is 5.02. The molecule has 2 aromatic rings. The lowest BCUT2D eigenvalue weighted by atomic mass is 10.2. The van der Waals surface area contributed by atoms with E-state index in [0.29, 0.717) is 24.7 Å². The van der Waals surface area contributed by atoms with Gasteiger partial charge in [-0.3, -0.25) is 4.57 Å². The van der Waals surface area contributed by atoms with E-state index in [9.17, 15) is 0 Å². The van der Waals surface area contributed by atoms with Crippen molar-refractivity contribution in [3.8, 4) is 6.07 Å². The van der Waals surface area contributed by atoms with Gasteiger partial charge in [0, 0.05) is 24.3 Å². The van der Waals surface area contributed by atoms with Gasteiger partial charge in [0.1, 0.15) is 0 Å². The van der Waals surface area contributed by atoms with Gasteiger partial charge in [-0.2, -0.15) is 5.26 Å². The van der Waals surface area contributed by atoms with Gasteiger partial charge in [-0.05, 0) is 32.0 Å². The highest BCUT2D eigenvalue weighted by Gasteiger charge is 2.18. The van der Waals surface area contributed by atoms with Gasteiger partial charge in [-0.25, -0.2) is 0 Å². The second kappa shape index (κ2) is 6.76. The molecule has 0 N–H and O–H groups in total. The molecule has 0 fully saturated rings. The molecule has 0 aliphatic rings. The summed E-state index contributed by atoms with van der Waals surface area (Å²) in [5.41, 5.74) is 2.40. The topological polar surface area (TPSA) is 47.2 Å². The van der Waals surface area contributed by atoms with E-state index >= 15 is 0 Å². The predicted molar refractivity (Wildman–Crippen MR) is 78.5 cm³/mol. The van der Waals surface area contributed by atoms with Crippen LogP contribution in [0.5, 0.6) is 0 Å². The molecule has 0 atom stereocenters. The Morgan fingerprint density at radius 3 is 2.50 bits per heavy atom. The maximum absolute atomic E-state index is 9.05. The van der Waals surface area contributed by atoms with E-state index in [1.165, 1.54) is 0 Å². The highest BCUT2D eigenvalue weighted by molar-refractivity contribution is 6.17. The lowest BCUT2D eigenvalue weighted by Crippen LogP contribution is -2.18. The molecule has 0 unspecified atom stereocenters. The van der Waals surface area contributed by atoms with Gasteiger partial charge in [0.15, 0.2) is 0 Å². The van der Waals surface area contributed by atoms with Crippen molar-refractivity contribution < 1.29 is 9.47 Å². The minimum atomic E-state index is -0.523. The summed E-state index contributed by atoms with van der Waals surface area (Å²) in [6.45, 7) is 4.89. The van der Waals surface area contributed by atoms with Crippen molar-refractivity contribution in [2.24, 2.45) is 0 Å². The first-order chi connectivity index (χ1) is 9.74. The van der Waals surface area contributed by atoms with Crippen LogP contribution in [0.2, 0.25) is 0 Å². The zero-order valence-corrected chi connectivity index (χ0v) is 12.4. The molecule has 0 amide bonds. The van der Waals surface area contributed by atoms with Crippen LogP contribution in [-0.2, 0) is 15.4 Å². The van der Waals surface area contributed by atoms with Crippen LogP contribution in [0.25, 0.3) is 10.9 Å². The molecule has 1 aromatic heterocycles. The summed E-state index contributed by atoms with van der Waals surface area (Å²) in [7, 11) is 0. The molecule has 0 bridgehead atoms. The van der Waals surface area contributed by atoms with Crippen molar-refractivity contribution >= 4 is 22.5 Å². The average Bonchev–Trinajstić information content (AvgIpc) is 2.84. The quantitative estimate of drug-likeness (QED) is 0.601. The summed E-state index contributed by atoms with van der Waals surface area (Å²) < 4.78 is 13.2. The van der Waals surface area contributed by atoms with E-state index < -0.39 is 6.41 Å². The molecule has 1 heterocycles. The number of halogens is 1. The monoisotopic (exact) mass is 292 g/mol. The molecule has 4 nitrogen and oxygen atoms in total. The minimum absolute atomic E-state index is 0.354. The number of nitriles is 1. The first-order valence-corrected chi connectivity index (χ1v) is 7.11. The number of fused-ring (bicyclic) bond motifs is 1. The molecule has 20 heavy (non-hydrogen) atoms. The van der Waals surface area contributed by atoms with Gasteiger partial charge in [0.25, 0.3) is 0 Å². The summed E-state index contributed by atoms with van der Waals surface area (Å²) in [5, 5.41) is 10.1. The van der Waals surface area contributed by atoms with E-state index in [-0.39, 0.29) is 0 Å². The van der Waals surface area contributed by atoms with Crippen LogP contribution >= 0.6 is 11.6 Å². The van der Waals surface area contributed by atoms with Gasteiger partial charge in [-0.1, -0.05) is 6.07 Å². The van der Waals surface area contributed by atoms with E-state index in [1.807, 2.05) is 36.6 Å². The number of benzene rings is 1. The molecule has 5 heteroatoms. The molecule has 0 aliphatic heterocycles. The normalized spacial score (nSPS) is 11.2. The lowest BCUT2D eigenvalue weighted by Gasteiger charge is -2.21. The minimum Gasteiger partial charge on any atom is -0.335 e. The molecule has 0 aliphatic carbocycles. The number of hydrogen-bond acceptors (Lipinski definition) is 3. The number of ether oxygens (including phenoxy) is 2. The van der Waals surface area contributed by atoms with Crippen LogP contribution in [0.15, 0.2) is 24.3 Å². The lowest BCUT2D eigenvalue weighted by molar-refractivity contribution is -0.184. The molecular weight excluding hydrogens is 276 g/mol. The van der Waals surface area contributed by atoms with Crippen molar-refractivity contribution in [2.75, 3.05) is 13.2 Å². The number of hydrogen-bond donors (Lipinski definition) is 0. The van der Waals surface area contributed by atoms with Crippen molar-refractivity contribution in [3.05, 3.63) is 35.5 Å². The summed E-state index contributed by atoms with van der Waals surface area (Å²) in [4.78, 5) is 0. The van der Waals surface area contributed by atoms with Gasteiger partial charge < -0.3 is 9.47 Å². The number of nitrogens with zero attached hydrogens (tertiary/aromatic N) is 2. The Bertz CT molecular complexity index is 625. The molecule has 0 saturated carbocycles. The zero-order chi connectivity index (χ0) is 14.5. The molecule has 0 radical (unpaired) electrons. The van der Waals surface area contributed by atoms with Gasteiger partial charge in [-0.15, -0.1) is 11.6 Å². The van der Waals surface area contributed by atoms with Crippen LogP contribution < -0.4 is 0 Å². The number of aromatic nitrogens is 1. The Morgan fingerprint density at radius 2 is 1.95 bits per heavy atom. The molecule has 0 saturated heterocycles. The summed E-state index contributed by atoms with van der Waals surface area (Å²) in [5.74, 6) is 0.354. The Morgan fingerprint density at radius 1 is 1.25 bits per heavy atom. The highest BCUT2D eigenvalue weighted by Crippen LogP contribution is 2.27. The SMILES string of the molecule is CCOC(OCC)n1c(CCl)cc2ccc(C#N)cc21. The first kappa shape index (κ1) is 14.9. The Hall–Kier alpha value is -1.54. The van der Waals surface area contributed by atoms with E-state index in [1.54, 1.807) is 6.07 Å². The second-order valence-electron chi connectivity index (χ2n) is 4.24. The highest BCUT2D eigenvalue weighted by atomic mass is 35.5. The van der Waals surface area contributed by atoms with Gasteiger partial charge in [0.05, 0.1) is 23.0 Å². The molecule has 0 spiro atoms. The fourth-order valence-corrected chi connectivity index (χ4v) is 2.39. The van der Waals surface area contributed by atoms with Crippen LogP contribution in [0, 0.1) is 11.3 Å². The summed E-state index contributed by atoms with van der Waals surface area (Å²) in [6, 6.07) is 9.68. The Labute approximate surface area is 123 Å². The smallest absolute Gasteiger partial charge is 0.244 e. The van der Waals surface area contributed by atoms with Crippen LogP contribution in [0.4, 0.5) is 0 Å².